The third-order valence-electron chi connectivity index (χ3n) is 5.12. The molecule has 1 rings (SSSR count). The zero-order chi connectivity index (χ0) is 16.8. The lowest BCUT2D eigenvalue weighted by atomic mass is 10.1. The topological polar surface area (TPSA) is 6.48 Å². The quantitative estimate of drug-likeness (QED) is 0.316. The van der Waals surface area contributed by atoms with Gasteiger partial charge in [-0.25, -0.2) is 0 Å². The van der Waals surface area contributed by atoms with Crippen LogP contribution in [0.5, 0.6) is 0 Å². The maximum Gasteiger partial charge on any atom is 0.100 e. The second kappa shape index (κ2) is 13.7. The van der Waals surface area contributed by atoms with E-state index >= 15 is 0 Å². The highest BCUT2D eigenvalue weighted by Gasteiger charge is 2.23. The predicted molar refractivity (Wildman–Crippen MR) is 103 cm³/mol. The van der Waals surface area contributed by atoms with Crippen LogP contribution < -0.4 is 0 Å². The van der Waals surface area contributed by atoms with Crippen molar-refractivity contribution in [3.05, 3.63) is 12.4 Å². The molecular weight excluding hydrogens is 280 g/mol. The van der Waals surface area contributed by atoms with E-state index in [0.29, 0.717) is 6.17 Å². The summed E-state index contributed by atoms with van der Waals surface area (Å²) in [6, 6.07) is 0. The van der Waals surface area contributed by atoms with Crippen molar-refractivity contribution in [2.45, 2.75) is 110 Å². The molecule has 0 spiro atoms. The van der Waals surface area contributed by atoms with E-state index in [2.05, 4.69) is 43.0 Å². The summed E-state index contributed by atoms with van der Waals surface area (Å²) in [4.78, 5) is 5.16. The molecule has 2 heteroatoms. The summed E-state index contributed by atoms with van der Waals surface area (Å²) >= 11 is 0. The second-order valence-electron chi connectivity index (χ2n) is 7.20. The third-order valence-corrected chi connectivity index (χ3v) is 5.12. The van der Waals surface area contributed by atoms with Gasteiger partial charge in [-0.3, -0.25) is 0 Å². The van der Waals surface area contributed by atoms with Gasteiger partial charge in [0.05, 0.1) is 0 Å². The van der Waals surface area contributed by atoms with E-state index in [0.717, 1.165) is 0 Å². The summed E-state index contributed by atoms with van der Waals surface area (Å²) in [5.74, 6) is 0. The third kappa shape index (κ3) is 8.67. The highest BCUT2D eigenvalue weighted by Crippen LogP contribution is 2.21. The minimum Gasteiger partial charge on any atom is -0.356 e. The first-order valence-electron chi connectivity index (χ1n) is 10.5. The second-order valence-corrected chi connectivity index (χ2v) is 7.20. The number of hydrogen-bond acceptors (Lipinski definition) is 2. The largest absolute Gasteiger partial charge is 0.356 e. The summed E-state index contributed by atoms with van der Waals surface area (Å²) in [5, 5.41) is 0. The molecule has 0 fully saturated rings. The van der Waals surface area contributed by atoms with Crippen LogP contribution in [0.25, 0.3) is 0 Å². The molecule has 23 heavy (non-hydrogen) atoms. The zero-order valence-electron chi connectivity index (χ0n) is 16.2. The SMILES string of the molecule is CCCCCCCCN1C=CN(CCCCCCCC)C1CC. The van der Waals surface area contributed by atoms with Crippen LogP contribution in [0, 0.1) is 0 Å². The molecule has 0 aromatic carbocycles. The highest BCUT2D eigenvalue weighted by molar-refractivity contribution is 4.96. The van der Waals surface area contributed by atoms with Gasteiger partial charge in [-0.1, -0.05) is 85.0 Å². The molecule has 1 aliphatic rings. The molecule has 136 valence electrons. The highest BCUT2D eigenvalue weighted by atomic mass is 15.4. The van der Waals surface area contributed by atoms with Gasteiger partial charge in [0, 0.05) is 25.5 Å². The van der Waals surface area contributed by atoms with E-state index in [9.17, 15) is 0 Å². The minimum absolute atomic E-state index is 0.626. The molecule has 0 aromatic rings. The molecule has 0 aliphatic carbocycles. The van der Waals surface area contributed by atoms with E-state index in [-0.39, 0.29) is 0 Å². The van der Waals surface area contributed by atoms with Gasteiger partial charge in [0.15, 0.2) is 0 Å². The van der Waals surface area contributed by atoms with Crippen molar-refractivity contribution < 1.29 is 0 Å². The van der Waals surface area contributed by atoms with E-state index in [1.54, 1.807) is 0 Å². The van der Waals surface area contributed by atoms with Crippen LogP contribution >= 0.6 is 0 Å². The van der Waals surface area contributed by atoms with Gasteiger partial charge in [0.1, 0.15) is 6.17 Å². The molecule has 0 aromatic heterocycles. The Morgan fingerprint density at radius 1 is 0.565 bits per heavy atom. The van der Waals surface area contributed by atoms with Crippen LogP contribution in [0.4, 0.5) is 0 Å². The predicted octanol–water partition coefficient (Wildman–Crippen LogP) is 6.53. The summed E-state index contributed by atoms with van der Waals surface area (Å²) in [5.41, 5.74) is 0. The van der Waals surface area contributed by atoms with Gasteiger partial charge >= 0.3 is 0 Å². The first kappa shape index (κ1) is 20.4. The lowest BCUT2D eigenvalue weighted by Gasteiger charge is -2.32. The normalized spacial score (nSPS) is 15.1. The molecule has 1 heterocycles. The van der Waals surface area contributed by atoms with Crippen LogP contribution in [-0.2, 0) is 0 Å². The van der Waals surface area contributed by atoms with Crippen molar-refractivity contribution >= 4 is 0 Å². The van der Waals surface area contributed by atoms with Crippen molar-refractivity contribution in [3.8, 4) is 0 Å². The molecule has 0 N–H and O–H groups in total. The van der Waals surface area contributed by atoms with Gasteiger partial charge < -0.3 is 9.80 Å². The van der Waals surface area contributed by atoms with Gasteiger partial charge in [-0.2, -0.15) is 0 Å². The number of nitrogens with zero attached hydrogens (tertiary/aromatic N) is 2. The Bertz CT molecular complexity index is 262. The Morgan fingerprint density at radius 2 is 0.957 bits per heavy atom. The Morgan fingerprint density at radius 3 is 1.35 bits per heavy atom. The lowest BCUT2D eigenvalue weighted by molar-refractivity contribution is 0.144. The molecule has 0 saturated carbocycles. The van der Waals surface area contributed by atoms with Gasteiger partial charge in [-0.05, 0) is 19.3 Å². The zero-order valence-corrected chi connectivity index (χ0v) is 16.2. The minimum atomic E-state index is 0.626. The number of unbranched alkanes of at least 4 members (excludes halogenated alkanes) is 10. The van der Waals surface area contributed by atoms with Crippen LogP contribution in [0.15, 0.2) is 12.4 Å². The van der Waals surface area contributed by atoms with Crippen molar-refractivity contribution in [2.24, 2.45) is 0 Å². The van der Waals surface area contributed by atoms with E-state index in [4.69, 9.17) is 0 Å². The Labute approximate surface area is 146 Å². The van der Waals surface area contributed by atoms with Gasteiger partial charge in [0.25, 0.3) is 0 Å². The molecule has 0 saturated heterocycles. The molecule has 0 unspecified atom stereocenters. The molecule has 1 aliphatic heterocycles. The first-order chi connectivity index (χ1) is 11.3. The van der Waals surface area contributed by atoms with E-state index in [1.165, 1.54) is 96.6 Å². The Balaban J connectivity index is 2.12. The maximum absolute atomic E-state index is 2.58. The van der Waals surface area contributed by atoms with Crippen LogP contribution in [0.3, 0.4) is 0 Å². The summed E-state index contributed by atoms with van der Waals surface area (Å²) in [6.07, 6.45) is 23.3. The Kier molecular flexibility index (Phi) is 12.2. The van der Waals surface area contributed by atoms with Gasteiger partial charge in [-0.15, -0.1) is 0 Å². The fourth-order valence-electron chi connectivity index (χ4n) is 3.63. The van der Waals surface area contributed by atoms with Gasteiger partial charge in [0.2, 0.25) is 0 Å². The average molecular weight is 323 g/mol. The molecule has 0 bridgehead atoms. The lowest BCUT2D eigenvalue weighted by Crippen LogP contribution is -2.38. The summed E-state index contributed by atoms with van der Waals surface area (Å²) < 4.78 is 0. The van der Waals surface area contributed by atoms with Crippen LogP contribution in [-0.4, -0.2) is 29.1 Å². The monoisotopic (exact) mass is 322 g/mol. The van der Waals surface area contributed by atoms with Crippen molar-refractivity contribution in [3.63, 3.8) is 0 Å². The van der Waals surface area contributed by atoms with Crippen molar-refractivity contribution in [1.82, 2.24) is 9.80 Å². The standard InChI is InChI=1S/C21H42N2/c1-4-7-9-11-13-15-17-22-19-20-23(21(22)6-3)18-16-14-12-10-8-5-2/h19-21H,4-18H2,1-3H3. The summed E-state index contributed by atoms with van der Waals surface area (Å²) in [7, 11) is 0. The van der Waals surface area contributed by atoms with E-state index in [1.807, 2.05) is 0 Å². The van der Waals surface area contributed by atoms with Crippen molar-refractivity contribution in [1.29, 1.82) is 0 Å². The number of hydrogen-bond donors (Lipinski definition) is 0. The smallest absolute Gasteiger partial charge is 0.100 e. The first-order valence-corrected chi connectivity index (χ1v) is 10.5. The molecule has 0 amide bonds. The van der Waals surface area contributed by atoms with Crippen molar-refractivity contribution in [2.75, 3.05) is 13.1 Å². The van der Waals surface area contributed by atoms with Crippen LogP contribution in [0.2, 0.25) is 0 Å². The molecule has 2 nitrogen and oxygen atoms in total. The maximum atomic E-state index is 2.58. The fourth-order valence-corrected chi connectivity index (χ4v) is 3.63. The molecule has 0 radical (unpaired) electrons. The summed E-state index contributed by atoms with van der Waals surface area (Å²) in [6.45, 7) is 9.40. The fraction of sp³-hybridized carbons (Fsp3) is 0.905. The number of rotatable bonds is 15. The van der Waals surface area contributed by atoms with Crippen LogP contribution in [0.1, 0.15) is 104 Å². The molecular formula is C21H42N2. The van der Waals surface area contributed by atoms with E-state index < -0.39 is 0 Å². The average Bonchev–Trinajstić information content (AvgIpc) is 2.96. The molecule has 0 atom stereocenters. The Hall–Kier alpha value is -0.660.